The Bertz CT molecular complexity index is 1170. The van der Waals surface area contributed by atoms with Crippen LogP contribution in [0.2, 0.25) is 0 Å². The van der Waals surface area contributed by atoms with E-state index in [4.69, 9.17) is 0 Å². The number of fused-ring (bicyclic) bond motifs is 1. The molecule has 4 rings (SSSR count). The van der Waals surface area contributed by atoms with Gasteiger partial charge in [0, 0.05) is 28.6 Å². The van der Waals surface area contributed by atoms with Gasteiger partial charge >= 0.3 is 18.2 Å². The van der Waals surface area contributed by atoms with Crippen LogP contribution in [0.5, 0.6) is 0 Å². The van der Waals surface area contributed by atoms with Gasteiger partial charge in [-0.15, -0.1) is 0 Å². The highest BCUT2D eigenvalue weighted by Gasteiger charge is 2.50. The molecule has 4 unspecified atom stereocenters. The summed E-state index contributed by atoms with van der Waals surface area (Å²) >= 11 is 0. The van der Waals surface area contributed by atoms with E-state index in [1.807, 2.05) is 13.0 Å². The van der Waals surface area contributed by atoms with Gasteiger partial charge in [-0.1, -0.05) is 13.0 Å². The van der Waals surface area contributed by atoms with E-state index in [-0.39, 0.29) is 35.6 Å². The number of carbonyl (C=O) groups is 3. The lowest BCUT2D eigenvalue weighted by Crippen LogP contribution is -2.46. The molecule has 2 amide bonds. The van der Waals surface area contributed by atoms with Crippen LogP contribution in [0.3, 0.4) is 0 Å². The Labute approximate surface area is 212 Å². The lowest BCUT2D eigenvalue weighted by Gasteiger charge is -2.46. The highest BCUT2D eigenvalue weighted by Crippen LogP contribution is 2.51. The van der Waals surface area contributed by atoms with Crippen LogP contribution in [-0.4, -0.2) is 27.9 Å². The maximum Gasteiger partial charge on any atom is 0.416 e. The number of carboxylic acids is 1. The molecule has 3 N–H and O–H groups in total. The van der Waals surface area contributed by atoms with Crippen molar-refractivity contribution in [3.05, 3.63) is 53.9 Å². The number of halogens is 3. The van der Waals surface area contributed by atoms with Crippen molar-refractivity contribution in [2.45, 2.75) is 64.0 Å². The number of aromatic nitrogens is 1. The van der Waals surface area contributed by atoms with Gasteiger partial charge < -0.3 is 15.7 Å². The minimum Gasteiger partial charge on any atom is -0.481 e. The molecule has 1 heterocycles. The van der Waals surface area contributed by atoms with Crippen molar-refractivity contribution in [2.24, 2.45) is 17.3 Å². The zero-order valence-corrected chi connectivity index (χ0v) is 20.5. The number of hydrogen-bond acceptors (Lipinski definition) is 4. The minimum atomic E-state index is -4.50. The number of pyridine rings is 1. The van der Waals surface area contributed by atoms with Crippen LogP contribution < -0.4 is 10.6 Å². The van der Waals surface area contributed by atoms with Gasteiger partial charge in [0.25, 0.3) is 0 Å². The van der Waals surface area contributed by atoms with Crippen molar-refractivity contribution in [3.8, 4) is 0 Å². The highest BCUT2D eigenvalue weighted by atomic mass is 19.4. The predicted molar refractivity (Wildman–Crippen MR) is 131 cm³/mol. The van der Waals surface area contributed by atoms with Gasteiger partial charge in [0.1, 0.15) is 5.78 Å². The minimum absolute atomic E-state index is 0.0196. The molecule has 0 spiro atoms. The summed E-state index contributed by atoms with van der Waals surface area (Å²) < 4.78 is 38.6. The SMILES string of the molecule is CCC1(CC(=O)O)CCC2CC(c3ccc(NC(=O)Nc4cccc(C(F)(F)F)c4)cn3)CCC2C1=O. The number of rotatable bonds is 6. The van der Waals surface area contributed by atoms with Gasteiger partial charge in [0.15, 0.2) is 0 Å². The summed E-state index contributed by atoms with van der Waals surface area (Å²) in [6.07, 6.45) is 1.15. The smallest absolute Gasteiger partial charge is 0.416 e. The molecule has 2 aliphatic carbocycles. The zero-order chi connectivity index (χ0) is 26.8. The number of carboxylic acid groups (broad SMARTS) is 1. The van der Waals surface area contributed by atoms with E-state index >= 15 is 0 Å². The monoisotopic (exact) mass is 517 g/mol. The number of hydrogen-bond donors (Lipinski definition) is 3. The maximum absolute atomic E-state index is 13.3. The van der Waals surface area contributed by atoms with E-state index in [2.05, 4.69) is 15.6 Å². The zero-order valence-electron chi connectivity index (χ0n) is 20.5. The van der Waals surface area contributed by atoms with E-state index in [0.29, 0.717) is 24.9 Å². The Hall–Kier alpha value is -3.43. The standard InChI is InChI=1S/C27H30F3N3O4/c1-2-26(14-23(34)35)11-10-16-12-17(6-8-21(16)24(26)36)22-9-7-20(15-31-22)33-25(37)32-19-5-3-4-18(13-19)27(28,29)30/h3-5,7,9,13,15-17,21H,2,6,8,10-12,14H2,1H3,(H,34,35)(H2,32,33,37). The fraction of sp³-hybridized carbons (Fsp3) is 0.481. The third kappa shape index (κ3) is 5.94. The predicted octanol–water partition coefficient (Wildman–Crippen LogP) is 6.48. The molecule has 2 aromatic rings. The number of Topliss-reactive ketones (excluding diaryl/α,β-unsaturated/α-hetero) is 1. The number of ketones is 1. The number of alkyl halides is 3. The normalized spacial score (nSPS) is 25.7. The molecule has 0 saturated heterocycles. The molecule has 198 valence electrons. The molecule has 0 aliphatic heterocycles. The average molecular weight is 518 g/mol. The van der Waals surface area contributed by atoms with E-state index in [0.717, 1.165) is 37.1 Å². The topological polar surface area (TPSA) is 108 Å². The van der Waals surface area contributed by atoms with Gasteiger partial charge in [-0.3, -0.25) is 14.6 Å². The van der Waals surface area contributed by atoms with E-state index in [9.17, 15) is 32.7 Å². The fourth-order valence-corrected chi connectivity index (χ4v) is 5.90. The van der Waals surface area contributed by atoms with Crippen molar-refractivity contribution in [1.82, 2.24) is 4.98 Å². The second-order valence-electron chi connectivity index (χ2n) is 10.1. The third-order valence-corrected chi connectivity index (χ3v) is 7.91. The molecule has 0 radical (unpaired) electrons. The van der Waals surface area contributed by atoms with Crippen molar-refractivity contribution in [1.29, 1.82) is 0 Å². The number of amides is 2. The molecule has 10 heteroatoms. The summed E-state index contributed by atoms with van der Waals surface area (Å²) in [5.41, 5.74) is -0.331. The van der Waals surface area contributed by atoms with Crippen LogP contribution in [0, 0.1) is 17.3 Å². The first-order chi connectivity index (χ1) is 17.5. The number of urea groups is 1. The molecule has 37 heavy (non-hydrogen) atoms. The first-order valence-corrected chi connectivity index (χ1v) is 12.5. The van der Waals surface area contributed by atoms with Crippen molar-refractivity contribution in [3.63, 3.8) is 0 Å². The second kappa shape index (κ2) is 10.5. The third-order valence-electron chi connectivity index (χ3n) is 7.91. The molecule has 1 aromatic carbocycles. The van der Waals surface area contributed by atoms with E-state index < -0.39 is 29.2 Å². The average Bonchev–Trinajstić information content (AvgIpc) is 2.85. The molecule has 1 aromatic heterocycles. The summed E-state index contributed by atoms with van der Waals surface area (Å²) in [6, 6.07) is 7.21. The number of nitrogens with zero attached hydrogens (tertiary/aromatic N) is 1. The van der Waals surface area contributed by atoms with Gasteiger partial charge in [0.2, 0.25) is 0 Å². The molecular weight excluding hydrogens is 487 g/mol. The van der Waals surface area contributed by atoms with Gasteiger partial charge in [-0.05, 0) is 74.8 Å². The summed E-state index contributed by atoms with van der Waals surface area (Å²) in [7, 11) is 0. The largest absolute Gasteiger partial charge is 0.481 e. The second-order valence-corrected chi connectivity index (χ2v) is 10.1. The molecule has 2 saturated carbocycles. The van der Waals surface area contributed by atoms with Crippen LogP contribution in [0.1, 0.15) is 69.0 Å². The Kier molecular flexibility index (Phi) is 7.57. The number of aliphatic carboxylic acids is 1. The molecule has 2 fully saturated rings. The number of benzene rings is 1. The van der Waals surface area contributed by atoms with E-state index in [1.54, 1.807) is 6.07 Å². The van der Waals surface area contributed by atoms with Crippen molar-refractivity contribution in [2.75, 3.05) is 10.6 Å². The molecule has 0 bridgehead atoms. The first-order valence-electron chi connectivity index (χ1n) is 12.5. The highest BCUT2D eigenvalue weighted by molar-refractivity contribution is 5.99. The quantitative estimate of drug-likeness (QED) is 0.407. The summed E-state index contributed by atoms with van der Waals surface area (Å²) in [5.74, 6) is -0.562. The Morgan fingerprint density at radius 2 is 1.86 bits per heavy atom. The van der Waals surface area contributed by atoms with Gasteiger partial charge in [-0.25, -0.2) is 4.79 Å². The van der Waals surface area contributed by atoms with Gasteiger partial charge in [-0.2, -0.15) is 13.2 Å². The number of carbonyl (C=O) groups excluding carboxylic acids is 2. The van der Waals surface area contributed by atoms with Crippen LogP contribution in [0.25, 0.3) is 0 Å². The van der Waals surface area contributed by atoms with Gasteiger partial charge in [0.05, 0.1) is 23.9 Å². The van der Waals surface area contributed by atoms with Crippen LogP contribution in [-0.2, 0) is 15.8 Å². The van der Waals surface area contributed by atoms with Crippen LogP contribution >= 0.6 is 0 Å². The number of nitrogens with one attached hydrogen (secondary N) is 2. The summed E-state index contributed by atoms with van der Waals surface area (Å²) in [6.45, 7) is 1.90. The Balaban J connectivity index is 1.35. The molecular formula is C27H30F3N3O4. The fourth-order valence-electron chi connectivity index (χ4n) is 5.90. The van der Waals surface area contributed by atoms with Crippen molar-refractivity contribution >= 4 is 29.2 Å². The maximum atomic E-state index is 13.3. The molecule has 4 atom stereocenters. The van der Waals surface area contributed by atoms with E-state index in [1.165, 1.54) is 18.3 Å². The summed E-state index contributed by atoms with van der Waals surface area (Å²) in [4.78, 5) is 41.4. The molecule has 2 aliphatic rings. The number of anilines is 2. The summed E-state index contributed by atoms with van der Waals surface area (Å²) in [5, 5.41) is 14.3. The lowest BCUT2D eigenvalue weighted by molar-refractivity contribution is -0.151. The van der Waals surface area contributed by atoms with Crippen LogP contribution in [0.4, 0.5) is 29.3 Å². The Morgan fingerprint density at radius 3 is 2.51 bits per heavy atom. The van der Waals surface area contributed by atoms with Crippen molar-refractivity contribution < 1.29 is 32.7 Å². The first kappa shape index (κ1) is 26.6. The Morgan fingerprint density at radius 1 is 1.11 bits per heavy atom. The van der Waals surface area contributed by atoms with Crippen LogP contribution in [0.15, 0.2) is 42.6 Å². The molecule has 7 nitrogen and oxygen atoms in total. The lowest BCUT2D eigenvalue weighted by atomic mass is 9.57.